The molecule has 0 bridgehead atoms. The molecular formula is C10H11Cl3N2O4S. The van der Waals surface area contributed by atoms with Gasteiger partial charge < -0.3 is 9.94 Å². The number of nitrogens with zero attached hydrogens (tertiary/aromatic N) is 1. The number of hydrogen-bond donors (Lipinski definition) is 2. The monoisotopic (exact) mass is 360 g/mol. The Balaban J connectivity index is 2.13. The fourth-order valence-electron chi connectivity index (χ4n) is 1.96. The molecule has 10 heteroatoms. The average molecular weight is 362 g/mol. The second-order valence-electron chi connectivity index (χ2n) is 4.34. The minimum Gasteiger partial charge on any atom is -0.456 e. The van der Waals surface area contributed by atoms with Gasteiger partial charge >= 0.3 is 5.97 Å². The van der Waals surface area contributed by atoms with Crippen molar-refractivity contribution in [2.45, 2.75) is 22.1 Å². The minimum absolute atomic E-state index is 0.152. The van der Waals surface area contributed by atoms with Gasteiger partial charge in [0.25, 0.3) is 5.91 Å². The lowest BCUT2D eigenvalue weighted by molar-refractivity contribution is -0.155. The molecule has 2 aliphatic rings. The maximum Gasteiger partial charge on any atom is 0.355 e. The number of esters is 1. The number of carbonyl (C=O) groups excluding carboxylic acids is 2. The Morgan fingerprint density at radius 1 is 1.60 bits per heavy atom. The first-order valence-corrected chi connectivity index (χ1v) is 7.72. The predicted molar refractivity (Wildman–Crippen MR) is 75.8 cm³/mol. The number of carbonyl (C=O) groups is 2. The van der Waals surface area contributed by atoms with Crippen LogP contribution in [0.25, 0.3) is 0 Å². The number of fused-ring (bicyclic) bond motifs is 1. The fourth-order valence-corrected chi connectivity index (χ4v) is 3.41. The van der Waals surface area contributed by atoms with Crippen LogP contribution in [0.15, 0.2) is 11.3 Å². The molecule has 0 unspecified atom stereocenters. The minimum atomic E-state index is -1.71. The average Bonchev–Trinajstić information content (AvgIpc) is 2.36. The van der Waals surface area contributed by atoms with Gasteiger partial charge in [0.15, 0.2) is 0 Å². The molecule has 1 saturated heterocycles. The molecule has 1 amide bonds. The summed E-state index contributed by atoms with van der Waals surface area (Å²) < 4.78 is 3.20. The number of ether oxygens (including phenoxy) is 1. The number of hydroxylamine groups is 1. The first-order chi connectivity index (χ1) is 9.26. The van der Waals surface area contributed by atoms with E-state index < -0.39 is 28.3 Å². The smallest absolute Gasteiger partial charge is 0.355 e. The molecule has 6 nitrogen and oxygen atoms in total. The Morgan fingerprint density at radius 2 is 2.25 bits per heavy atom. The van der Waals surface area contributed by atoms with Gasteiger partial charge in [0.2, 0.25) is 3.79 Å². The van der Waals surface area contributed by atoms with Gasteiger partial charge in [-0.1, -0.05) is 34.8 Å². The van der Waals surface area contributed by atoms with Crippen LogP contribution in [0.1, 0.15) is 6.92 Å². The zero-order chi connectivity index (χ0) is 15.1. The lowest BCUT2D eigenvalue weighted by Crippen LogP contribution is -2.69. The summed E-state index contributed by atoms with van der Waals surface area (Å²) in [5.74, 6) is -0.570. The topological polar surface area (TPSA) is 78.9 Å². The molecule has 0 radical (unpaired) electrons. The molecule has 0 aromatic heterocycles. The third kappa shape index (κ3) is 3.03. The van der Waals surface area contributed by atoms with Crippen LogP contribution in [0.2, 0.25) is 0 Å². The molecule has 20 heavy (non-hydrogen) atoms. The molecule has 2 N–H and O–H groups in total. The van der Waals surface area contributed by atoms with Crippen molar-refractivity contribution in [1.82, 2.24) is 10.4 Å². The SMILES string of the molecule is CC1=C(C(=O)OCC(Cl)(Cl)Cl)N2C(=O)[C@@H](NO)[C@@H]2SC1. The molecular weight excluding hydrogens is 351 g/mol. The van der Waals surface area contributed by atoms with Crippen molar-refractivity contribution in [2.24, 2.45) is 0 Å². The van der Waals surface area contributed by atoms with Crippen molar-refractivity contribution < 1.29 is 19.5 Å². The molecule has 0 saturated carbocycles. The van der Waals surface area contributed by atoms with E-state index in [2.05, 4.69) is 0 Å². The molecule has 2 rings (SSSR count). The van der Waals surface area contributed by atoms with Crippen LogP contribution in [-0.2, 0) is 14.3 Å². The highest BCUT2D eigenvalue weighted by atomic mass is 35.6. The summed E-state index contributed by atoms with van der Waals surface area (Å²) in [6, 6.07) is -0.718. The van der Waals surface area contributed by atoms with E-state index in [0.29, 0.717) is 11.3 Å². The lowest BCUT2D eigenvalue weighted by Gasteiger charge is -2.48. The Morgan fingerprint density at radius 3 is 2.80 bits per heavy atom. The Labute approximate surface area is 134 Å². The number of rotatable bonds is 3. The van der Waals surface area contributed by atoms with Gasteiger partial charge in [-0.05, 0) is 12.5 Å². The molecule has 0 aromatic rings. The Hall–Kier alpha value is -0.180. The number of nitrogens with one attached hydrogen (secondary N) is 1. The summed E-state index contributed by atoms with van der Waals surface area (Å²) in [6.45, 7) is 1.32. The van der Waals surface area contributed by atoms with Crippen LogP contribution in [0.5, 0.6) is 0 Å². The largest absolute Gasteiger partial charge is 0.456 e. The van der Waals surface area contributed by atoms with Gasteiger partial charge in [-0.2, -0.15) is 5.48 Å². The van der Waals surface area contributed by atoms with Crippen LogP contribution in [0.3, 0.4) is 0 Å². The highest BCUT2D eigenvalue weighted by Gasteiger charge is 2.53. The molecule has 0 aromatic carbocycles. The van der Waals surface area contributed by atoms with Gasteiger partial charge in [0, 0.05) is 5.75 Å². The van der Waals surface area contributed by atoms with Gasteiger partial charge in [0.05, 0.1) is 0 Å². The van der Waals surface area contributed by atoms with Crippen molar-refractivity contribution in [2.75, 3.05) is 12.4 Å². The summed E-state index contributed by atoms with van der Waals surface area (Å²) in [7, 11) is 0. The van der Waals surface area contributed by atoms with Crippen LogP contribution in [0.4, 0.5) is 0 Å². The van der Waals surface area contributed by atoms with Gasteiger partial charge in [0.1, 0.15) is 23.7 Å². The number of amides is 1. The van der Waals surface area contributed by atoms with E-state index in [1.165, 1.54) is 16.7 Å². The normalized spacial score (nSPS) is 26.2. The van der Waals surface area contributed by atoms with Gasteiger partial charge in [-0.3, -0.25) is 9.69 Å². The fraction of sp³-hybridized carbons (Fsp3) is 0.600. The molecule has 2 heterocycles. The number of thioether (sulfide) groups is 1. The summed E-state index contributed by atoms with van der Waals surface area (Å²) in [4.78, 5) is 25.2. The summed E-state index contributed by atoms with van der Waals surface area (Å²) in [6.07, 6.45) is 0. The van der Waals surface area contributed by atoms with Gasteiger partial charge in [-0.15, -0.1) is 11.8 Å². The first kappa shape index (κ1) is 16.2. The summed E-state index contributed by atoms with van der Waals surface area (Å²) in [5, 5.41) is 8.56. The van der Waals surface area contributed by atoms with Crippen LogP contribution >= 0.6 is 46.6 Å². The zero-order valence-corrected chi connectivity index (χ0v) is 13.3. The van der Waals surface area contributed by atoms with E-state index in [1.807, 2.05) is 5.48 Å². The van der Waals surface area contributed by atoms with Gasteiger partial charge in [-0.25, -0.2) is 4.79 Å². The van der Waals surface area contributed by atoms with Crippen LogP contribution in [0, 0.1) is 0 Å². The molecule has 0 aliphatic carbocycles. The highest BCUT2D eigenvalue weighted by molar-refractivity contribution is 8.00. The highest BCUT2D eigenvalue weighted by Crippen LogP contribution is 2.40. The van der Waals surface area contributed by atoms with Crippen molar-refractivity contribution in [1.29, 1.82) is 0 Å². The summed E-state index contributed by atoms with van der Waals surface area (Å²) in [5.41, 5.74) is 2.78. The Kier molecular flexibility index (Phi) is 4.78. The van der Waals surface area contributed by atoms with E-state index in [9.17, 15) is 9.59 Å². The maximum atomic E-state index is 12.0. The maximum absolute atomic E-state index is 12.0. The Bertz CT molecular complexity index is 480. The zero-order valence-electron chi connectivity index (χ0n) is 10.2. The summed E-state index contributed by atoms with van der Waals surface area (Å²) >= 11 is 18.0. The van der Waals surface area contributed by atoms with E-state index in [4.69, 9.17) is 44.7 Å². The molecule has 2 atom stereocenters. The predicted octanol–water partition coefficient (Wildman–Crippen LogP) is 1.44. The lowest BCUT2D eigenvalue weighted by atomic mass is 10.0. The first-order valence-electron chi connectivity index (χ1n) is 5.54. The quantitative estimate of drug-likeness (QED) is 0.343. The van der Waals surface area contributed by atoms with Crippen molar-refractivity contribution in [3.63, 3.8) is 0 Å². The van der Waals surface area contributed by atoms with E-state index in [0.717, 1.165) is 0 Å². The van der Waals surface area contributed by atoms with E-state index >= 15 is 0 Å². The second-order valence-corrected chi connectivity index (χ2v) is 7.96. The van der Waals surface area contributed by atoms with Crippen LogP contribution in [-0.4, -0.2) is 49.6 Å². The van der Waals surface area contributed by atoms with E-state index in [-0.39, 0.29) is 11.1 Å². The number of halogens is 3. The molecule has 112 valence electrons. The third-order valence-electron chi connectivity index (χ3n) is 2.86. The number of alkyl halides is 3. The van der Waals surface area contributed by atoms with Crippen molar-refractivity contribution in [3.8, 4) is 0 Å². The molecule has 1 fully saturated rings. The number of β-lactam (4-membered cyclic amide) rings is 1. The van der Waals surface area contributed by atoms with E-state index in [1.54, 1.807) is 6.92 Å². The van der Waals surface area contributed by atoms with Crippen molar-refractivity contribution in [3.05, 3.63) is 11.3 Å². The van der Waals surface area contributed by atoms with Crippen LogP contribution < -0.4 is 5.48 Å². The van der Waals surface area contributed by atoms with Crippen molar-refractivity contribution >= 4 is 58.4 Å². The number of hydrogen-bond acceptors (Lipinski definition) is 6. The standard InChI is InChI=1S/C10H11Cl3N2O4S/c1-4-2-20-8-5(14-18)7(16)15(8)6(4)9(17)19-3-10(11,12)13/h5,8,14,18H,2-3H2,1H3/t5-,8+/m1/s1. The molecule has 2 aliphatic heterocycles. The third-order valence-corrected chi connectivity index (χ3v) is 4.61. The second kappa shape index (κ2) is 5.90. The molecule has 0 spiro atoms.